The molecule has 1 fully saturated rings. The Balaban J connectivity index is 0.00000243. The van der Waals surface area contributed by atoms with Gasteiger partial charge in [0, 0.05) is 24.3 Å². The lowest BCUT2D eigenvalue weighted by molar-refractivity contribution is 0.0674. The van der Waals surface area contributed by atoms with Gasteiger partial charge in [0.25, 0.3) is 5.91 Å². The molecule has 0 spiro atoms. The van der Waals surface area contributed by atoms with Crippen molar-refractivity contribution in [2.75, 3.05) is 26.7 Å². The number of aryl methyl sites for hydroxylation is 2. The minimum atomic E-state index is -0.430. The van der Waals surface area contributed by atoms with E-state index in [1.165, 1.54) is 6.07 Å². The van der Waals surface area contributed by atoms with Crippen molar-refractivity contribution in [1.29, 1.82) is 0 Å². The van der Waals surface area contributed by atoms with Gasteiger partial charge in [-0.15, -0.1) is 12.4 Å². The number of likely N-dealkylation sites (tertiary alicyclic amines) is 1. The molecule has 1 atom stereocenters. The number of carbonyl (C=O) groups is 1. The van der Waals surface area contributed by atoms with E-state index in [-0.39, 0.29) is 18.3 Å². The average molecular weight is 381 g/mol. The molecule has 26 heavy (non-hydrogen) atoms. The van der Waals surface area contributed by atoms with E-state index in [9.17, 15) is 9.18 Å². The molecule has 1 N–H and O–H groups in total. The molecule has 1 aromatic heterocycles. The van der Waals surface area contributed by atoms with Gasteiger partial charge in [-0.25, -0.2) is 9.07 Å². The van der Waals surface area contributed by atoms with Gasteiger partial charge >= 0.3 is 0 Å². The zero-order valence-electron chi connectivity index (χ0n) is 15.5. The Morgan fingerprint density at radius 1 is 1.35 bits per heavy atom. The molecule has 2 heterocycles. The van der Waals surface area contributed by atoms with Gasteiger partial charge in [0.1, 0.15) is 11.5 Å². The summed E-state index contributed by atoms with van der Waals surface area (Å²) in [5.74, 6) is -0.0676. The van der Waals surface area contributed by atoms with E-state index in [1.807, 2.05) is 31.9 Å². The van der Waals surface area contributed by atoms with E-state index < -0.39 is 5.82 Å². The summed E-state index contributed by atoms with van der Waals surface area (Å²) >= 11 is 0. The molecular weight excluding hydrogens is 355 g/mol. The van der Waals surface area contributed by atoms with Crippen molar-refractivity contribution < 1.29 is 9.18 Å². The molecule has 0 bridgehead atoms. The molecular formula is C19H26ClFN4O. The number of amides is 1. The Morgan fingerprint density at radius 2 is 2.12 bits per heavy atom. The highest BCUT2D eigenvalue weighted by molar-refractivity contribution is 5.94. The van der Waals surface area contributed by atoms with Crippen molar-refractivity contribution in [3.8, 4) is 5.69 Å². The first kappa shape index (κ1) is 20.4. The largest absolute Gasteiger partial charge is 0.338 e. The minimum Gasteiger partial charge on any atom is -0.338 e. The highest BCUT2D eigenvalue weighted by Gasteiger charge is 2.24. The van der Waals surface area contributed by atoms with Crippen molar-refractivity contribution in [3.05, 3.63) is 47.0 Å². The number of hydrogen-bond acceptors (Lipinski definition) is 3. The van der Waals surface area contributed by atoms with Crippen LogP contribution in [0.2, 0.25) is 0 Å². The number of carbonyl (C=O) groups excluding carboxylic acids is 1. The second-order valence-corrected chi connectivity index (χ2v) is 6.82. The summed E-state index contributed by atoms with van der Waals surface area (Å²) in [5.41, 5.74) is 2.46. The predicted molar refractivity (Wildman–Crippen MR) is 103 cm³/mol. The number of aromatic nitrogens is 2. The first-order chi connectivity index (χ1) is 12.0. The summed E-state index contributed by atoms with van der Waals surface area (Å²) in [6, 6.07) is 6.56. The summed E-state index contributed by atoms with van der Waals surface area (Å²) < 4.78 is 16.2. The molecule has 3 rings (SSSR count). The fourth-order valence-electron chi connectivity index (χ4n) is 3.57. The third kappa shape index (κ3) is 4.24. The van der Waals surface area contributed by atoms with E-state index in [0.717, 1.165) is 43.9 Å². The smallest absolute Gasteiger partial charge is 0.253 e. The van der Waals surface area contributed by atoms with Crippen LogP contribution >= 0.6 is 12.4 Å². The third-order valence-electron chi connectivity index (χ3n) is 4.73. The number of rotatable bonds is 4. The molecule has 5 nitrogen and oxygen atoms in total. The number of benzene rings is 1. The fourth-order valence-corrected chi connectivity index (χ4v) is 3.57. The zero-order chi connectivity index (χ0) is 18.0. The number of nitrogens with zero attached hydrogens (tertiary/aromatic N) is 3. The Morgan fingerprint density at radius 3 is 2.73 bits per heavy atom. The Kier molecular flexibility index (Phi) is 6.78. The number of hydrogen-bond donors (Lipinski definition) is 1. The van der Waals surface area contributed by atoms with Gasteiger partial charge in [-0.3, -0.25) is 4.79 Å². The molecule has 1 unspecified atom stereocenters. The van der Waals surface area contributed by atoms with Gasteiger partial charge in [-0.2, -0.15) is 5.10 Å². The minimum absolute atomic E-state index is 0. The molecule has 1 amide bonds. The lowest BCUT2D eigenvalue weighted by Gasteiger charge is -2.32. The second-order valence-electron chi connectivity index (χ2n) is 6.82. The molecule has 1 aliphatic rings. The lowest BCUT2D eigenvalue weighted by Crippen LogP contribution is -2.42. The van der Waals surface area contributed by atoms with Gasteiger partial charge in [-0.05, 0) is 70.5 Å². The third-order valence-corrected chi connectivity index (χ3v) is 4.73. The van der Waals surface area contributed by atoms with Crippen LogP contribution in [0.1, 0.15) is 34.6 Å². The quantitative estimate of drug-likeness (QED) is 0.886. The van der Waals surface area contributed by atoms with Gasteiger partial charge < -0.3 is 10.2 Å². The van der Waals surface area contributed by atoms with Crippen LogP contribution in [-0.2, 0) is 0 Å². The standard InChI is InChI=1S/C19H25FN4O.ClH/c1-13-9-14(2)24(22-13)18-7-6-16(10-17(18)20)19(25)23-8-4-5-15(12-23)11-21-3;/h6-7,9-10,15,21H,4-5,8,11-12H2,1-3H3;1H. The van der Waals surface area contributed by atoms with Crippen molar-refractivity contribution >= 4 is 18.3 Å². The summed E-state index contributed by atoms with van der Waals surface area (Å²) in [6.07, 6.45) is 2.11. The molecule has 7 heteroatoms. The normalized spacial score (nSPS) is 17.1. The molecule has 0 saturated carbocycles. The maximum atomic E-state index is 14.6. The summed E-state index contributed by atoms with van der Waals surface area (Å²) in [6.45, 7) is 6.11. The molecule has 1 saturated heterocycles. The molecule has 142 valence electrons. The van der Waals surface area contributed by atoms with Gasteiger partial charge in [0.15, 0.2) is 0 Å². The Labute approximate surface area is 160 Å². The van der Waals surface area contributed by atoms with Gasteiger partial charge in [-0.1, -0.05) is 0 Å². The SMILES string of the molecule is CNCC1CCCN(C(=O)c2ccc(-n3nc(C)cc3C)c(F)c2)C1.Cl. The Hall–Kier alpha value is -1.92. The molecule has 1 aromatic carbocycles. The van der Waals surface area contributed by atoms with E-state index in [2.05, 4.69) is 10.4 Å². The average Bonchev–Trinajstić information content (AvgIpc) is 2.93. The second kappa shape index (κ2) is 8.64. The van der Waals surface area contributed by atoms with E-state index in [0.29, 0.717) is 17.2 Å². The molecule has 1 aliphatic heterocycles. The van der Waals surface area contributed by atoms with Crippen LogP contribution in [0.3, 0.4) is 0 Å². The number of halogens is 2. The maximum absolute atomic E-state index is 14.6. The van der Waals surface area contributed by atoms with Crippen LogP contribution in [-0.4, -0.2) is 47.3 Å². The highest BCUT2D eigenvalue weighted by atomic mass is 35.5. The van der Waals surface area contributed by atoms with Crippen molar-refractivity contribution in [1.82, 2.24) is 20.0 Å². The molecule has 0 radical (unpaired) electrons. The summed E-state index contributed by atoms with van der Waals surface area (Å²) in [7, 11) is 1.92. The highest BCUT2D eigenvalue weighted by Crippen LogP contribution is 2.21. The van der Waals surface area contributed by atoms with Gasteiger partial charge in [0.2, 0.25) is 0 Å². The fraction of sp³-hybridized carbons (Fsp3) is 0.474. The number of piperidine rings is 1. The molecule has 2 aromatic rings. The number of nitrogens with one attached hydrogen (secondary N) is 1. The van der Waals surface area contributed by atoms with Crippen LogP contribution in [0.4, 0.5) is 4.39 Å². The zero-order valence-corrected chi connectivity index (χ0v) is 16.3. The summed E-state index contributed by atoms with van der Waals surface area (Å²) in [4.78, 5) is 14.6. The van der Waals surface area contributed by atoms with Crippen LogP contribution in [0.5, 0.6) is 0 Å². The predicted octanol–water partition coefficient (Wildman–Crippen LogP) is 3.12. The maximum Gasteiger partial charge on any atom is 0.253 e. The van der Waals surface area contributed by atoms with Crippen molar-refractivity contribution in [2.45, 2.75) is 26.7 Å². The van der Waals surface area contributed by atoms with E-state index in [1.54, 1.807) is 16.8 Å². The summed E-state index contributed by atoms with van der Waals surface area (Å²) in [5, 5.41) is 7.48. The van der Waals surface area contributed by atoms with Crippen LogP contribution in [0.15, 0.2) is 24.3 Å². The van der Waals surface area contributed by atoms with Crippen LogP contribution < -0.4 is 5.32 Å². The first-order valence-electron chi connectivity index (χ1n) is 8.76. The lowest BCUT2D eigenvalue weighted by atomic mass is 9.97. The van der Waals surface area contributed by atoms with E-state index >= 15 is 0 Å². The monoisotopic (exact) mass is 380 g/mol. The van der Waals surface area contributed by atoms with E-state index in [4.69, 9.17) is 0 Å². The molecule has 0 aliphatic carbocycles. The Bertz CT molecular complexity index is 775. The van der Waals surface area contributed by atoms with Crippen LogP contribution in [0.25, 0.3) is 5.69 Å². The topological polar surface area (TPSA) is 50.2 Å². The van der Waals surface area contributed by atoms with Crippen LogP contribution in [0, 0.1) is 25.6 Å². The first-order valence-corrected chi connectivity index (χ1v) is 8.76. The van der Waals surface area contributed by atoms with Crippen molar-refractivity contribution in [2.24, 2.45) is 5.92 Å². The van der Waals surface area contributed by atoms with Crippen molar-refractivity contribution in [3.63, 3.8) is 0 Å². The van der Waals surface area contributed by atoms with Gasteiger partial charge in [0.05, 0.1) is 5.69 Å².